The number of aromatic amines is 1. The Bertz CT molecular complexity index is 930. The minimum atomic E-state index is -0.574. The van der Waals surface area contributed by atoms with Crippen LogP contribution in [0.25, 0.3) is 11.1 Å². The van der Waals surface area contributed by atoms with Gasteiger partial charge in [0.25, 0.3) is 5.56 Å². The van der Waals surface area contributed by atoms with Crippen molar-refractivity contribution in [2.45, 2.75) is 13.3 Å². The van der Waals surface area contributed by atoms with Gasteiger partial charge in [-0.2, -0.15) is 10.5 Å². The topological polar surface area (TPSA) is 110 Å². The van der Waals surface area contributed by atoms with Crippen LogP contribution in [0.5, 0.6) is 0 Å². The van der Waals surface area contributed by atoms with Gasteiger partial charge in [0, 0.05) is 24.3 Å². The number of nitrogen functional groups attached to an aromatic ring is 1. The van der Waals surface area contributed by atoms with Crippen LogP contribution < -0.4 is 16.2 Å². The molecule has 0 saturated heterocycles. The standard InChI is InChI=1S/C17H15N5O/c1-2-22-6-5-10-7-11(3-4-14(10)22)15-12(8-18)16(20)21-17(23)13(15)9-19/h3-4,7H,2,5-6H2,1H3,(H3,20,21,23). The molecule has 114 valence electrons. The van der Waals surface area contributed by atoms with Crippen LogP contribution in [0.3, 0.4) is 0 Å². The van der Waals surface area contributed by atoms with Gasteiger partial charge in [-0.1, -0.05) is 6.07 Å². The average molecular weight is 305 g/mol. The molecule has 1 aliphatic rings. The van der Waals surface area contributed by atoms with Crippen molar-refractivity contribution in [3.8, 4) is 23.3 Å². The Morgan fingerprint density at radius 1 is 1.30 bits per heavy atom. The van der Waals surface area contributed by atoms with Crippen molar-refractivity contribution in [3.05, 3.63) is 45.2 Å². The number of hydrogen-bond acceptors (Lipinski definition) is 5. The van der Waals surface area contributed by atoms with Gasteiger partial charge in [0.1, 0.15) is 29.1 Å². The van der Waals surface area contributed by atoms with Gasteiger partial charge in [0.15, 0.2) is 0 Å². The maximum Gasteiger partial charge on any atom is 0.268 e. The second-order valence-corrected chi connectivity index (χ2v) is 5.39. The summed E-state index contributed by atoms with van der Waals surface area (Å²) in [4.78, 5) is 16.6. The number of nitrogens with one attached hydrogen (secondary N) is 1. The Balaban J connectivity index is 2.27. The molecule has 0 spiro atoms. The van der Waals surface area contributed by atoms with E-state index >= 15 is 0 Å². The molecule has 0 bridgehead atoms. The highest BCUT2D eigenvalue weighted by Crippen LogP contribution is 2.34. The Kier molecular flexibility index (Phi) is 3.51. The van der Waals surface area contributed by atoms with E-state index in [4.69, 9.17) is 5.73 Å². The molecule has 0 amide bonds. The molecule has 0 unspecified atom stereocenters. The molecule has 1 aromatic carbocycles. The van der Waals surface area contributed by atoms with E-state index < -0.39 is 5.56 Å². The molecular formula is C17H15N5O. The SMILES string of the molecule is CCN1CCc2cc(-c3c(C#N)c(N)[nH]c(=O)c3C#N)ccc21. The largest absolute Gasteiger partial charge is 0.384 e. The number of nitrogens with zero attached hydrogens (tertiary/aromatic N) is 3. The van der Waals surface area contributed by atoms with Crippen molar-refractivity contribution < 1.29 is 0 Å². The quantitative estimate of drug-likeness (QED) is 0.878. The molecule has 0 radical (unpaired) electrons. The van der Waals surface area contributed by atoms with E-state index in [1.54, 1.807) is 0 Å². The average Bonchev–Trinajstić information content (AvgIpc) is 2.96. The molecule has 0 atom stereocenters. The minimum absolute atomic E-state index is 0.0119. The van der Waals surface area contributed by atoms with Gasteiger partial charge in [-0.05, 0) is 36.6 Å². The Morgan fingerprint density at radius 3 is 2.70 bits per heavy atom. The summed E-state index contributed by atoms with van der Waals surface area (Å²) in [5, 5.41) is 18.7. The van der Waals surface area contributed by atoms with Crippen molar-refractivity contribution in [3.63, 3.8) is 0 Å². The van der Waals surface area contributed by atoms with Gasteiger partial charge in [0.2, 0.25) is 0 Å². The molecular weight excluding hydrogens is 290 g/mol. The maximum absolute atomic E-state index is 12.0. The summed E-state index contributed by atoms with van der Waals surface area (Å²) in [6, 6.07) is 9.64. The van der Waals surface area contributed by atoms with Crippen molar-refractivity contribution in [2.75, 3.05) is 23.7 Å². The third kappa shape index (κ3) is 2.21. The van der Waals surface area contributed by atoms with Crippen molar-refractivity contribution >= 4 is 11.5 Å². The molecule has 0 fully saturated rings. The minimum Gasteiger partial charge on any atom is -0.384 e. The number of nitriles is 2. The Morgan fingerprint density at radius 2 is 2.04 bits per heavy atom. The molecule has 2 heterocycles. The van der Waals surface area contributed by atoms with Gasteiger partial charge >= 0.3 is 0 Å². The molecule has 6 nitrogen and oxygen atoms in total. The second-order valence-electron chi connectivity index (χ2n) is 5.39. The van der Waals surface area contributed by atoms with Crippen LogP contribution in [-0.4, -0.2) is 18.1 Å². The summed E-state index contributed by atoms with van der Waals surface area (Å²) in [6.07, 6.45) is 0.902. The normalized spacial score (nSPS) is 12.6. The first-order chi connectivity index (χ1) is 11.1. The fourth-order valence-electron chi connectivity index (χ4n) is 3.09. The van der Waals surface area contributed by atoms with E-state index in [2.05, 4.69) is 16.8 Å². The van der Waals surface area contributed by atoms with Crippen LogP contribution in [0.2, 0.25) is 0 Å². The number of H-pyrrole nitrogens is 1. The zero-order valence-corrected chi connectivity index (χ0v) is 12.7. The monoisotopic (exact) mass is 305 g/mol. The van der Waals surface area contributed by atoms with Crippen molar-refractivity contribution in [2.24, 2.45) is 0 Å². The number of anilines is 2. The van der Waals surface area contributed by atoms with Crippen LogP contribution >= 0.6 is 0 Å². The molecule has 0 aliphatic carbocycles. The van der Waals surface area contributed by atoms with Gasteiger partial charge in [-0.25, -0.2) is 0 Å². The summed E-state index contributed by atoms with van der Waals surface area (Å²) in [5.41, 5.74) is 8.52. The van der Waals surface area contributed by atoms with E-state index in [1.807, 2.05) is 30.3 Å². The lowest BCUT2D eigenvalue weighted by Gasteiger charge is -2.17. The molecule has 1 aromatic heterocycles. The fraction of sp³-hybridized carbons (Fsp3) is 0.235. The predicted octanol–water partition coefficient (Wildman–Crippen LogP) is 1.75. The Labute approximate surface area is 133 Å². The van der Waals surface area contributed by atoms with E-state index in [9.17, 15) is 15.3 Å². The molecule has 3 rings (SSSR count). The molecule has 2 aromatic rings. The van der Waals surface area contributed by atoms with Crippen LogP contribution in [0, 0.1) is 22.7 Å². The van der Waals surface area contributed by atoms with Crippen LogP contribution in [0.1, 0.15) is 23.6 Å². The van der Waals surface area contributed by atoms with E-state index in [0.29, 0.717) is 11.1 Å². The third-order valence-corrected chi connectivity index (χ3v) is 4.21. The Hall–Kier alpha value is -3.25. The number of aromatic nitrogens is 1. The summed E-state index contributed by atoms with van der Waals surface area (Å²) >= 11 is 0. The summed E-state index contributed by atoms with van der Waals surface area (Å²) in [6.45, 7) is 3.97. The summed E-state index contributed by atoms with van der Waals surface area (Å²) < 4.78 is 0. The van der Waals surface area contributed by atoms with Gasteiger partial charge in [-0.3, -0.25) is 4.79 Å². The predicted molar refractivity (Wildman–Crippen MR) is 87.9 cm³/mol. The van der Waals surface area contributed by atoms with Gasteiger partial charge < -0.3 is 15.6 Å². The molecule has 3 N–H and O–H groups in total. The van der Waals surface area contributed by atoms with Gasteiger partial charge in [-0.15, -0.1) is 0 Å². The summed E-state index contributed by atoms with van der Waals surface area (Å²) in [5.74, 6) is -0.0119. The highest BCUT2D eigenvalue weighted by Gasteiger charge is 2.22. The first-order valence-corrected chi connectivity index (χ1v) is 7.34. The number of pyridine rings is 1. The fourth-order valence-corrected chi connectivity index (χ4v) is 3.09. The van der Waals surface area contributed by atoms with E-state index in [-0.39, 0.29) is 16.9 Å². The van der Waals surface area contributed by atoms with Crippen LogP contribution in [0.4, 0.5) is 11.5 Å². The first-order valence-electron chi connectivity index (χ1n) is 7.34. The van der Waals surface area contributed by atoms with Crippen LogP contribution in [0.15, 0.2) is 23.0 Å². The molecule has 6 heteroatoms. The lowest BCUT2D eigenvalue weighted by Crippen LogP contribution is -2.19. The number of nitrogens with two attached hydrogens (primary N) is 1. The first kappa shape index (κ1) is 14.7. The third-order valence-electron chi connectivity index (χ3n) is 4.21. The zero-order chi connectivity index (χ0) is 16.6. The van der Waals surface area contributed by atoms with Crippen LogP contribution in [-0.2, 0) is 6.42 Å². The van der Waals surface area contributed by atoms with Gasteiger partial charge in [0.05, 0.1) is 0 Å². The molecule has 0 saturated carbocycles. The number of hydrogen-bond donors (Lipinski definition) is 2. The van der Waals surface area contributed by atoms with E-state index in [0.717, 1.165) is 30.8 Å². The van der Waals surface area contributed by atoms with E-state index in [1.165, 1.54) is 0 Å². The lowest BCUT2D eigenvalue weighted by atomic mass is 9.95. The highest BCUT2D eigenvalue weighted by molar-refractivity contribution is 5.82. The highest BCUT2D eigenvalue weighted by atomic mass is 16.1. The number of fused-ring (bicyclic) bond motifs is 1. The summed E-state index contributed by atoms with van der Waals surface area (Å²) in [7, 11) is 0. The second kappa shape index (κ2) is 5.51. The van der Waals surface area contributed by atoms with Crippen molar-refractivity contribution in [1.82, 2.24) is 4.98 Å². The molecule has 23 heavy (non-hydrogen) atoms. The number of benzene rings is 1. The smallest absolute Gasteiger partial charge is 0.268 e. The van der Waals surface area contributed by atoms with Crippen molar-refractivity contribution in [1.29, 1.82) is 10.5 Å². The molecule has 1 aliphatic heterocycles. The number of likely N-dealkylation sites (N-methyl/N-ethyl adjacent to an activating group) is 1. The maximum atomic E-state index is 12.0. The lowest BCUT2D eigenvalue weighted by molar-refractivity contribution is 0.868. The number of rotatable bonds is 2. The zero-order valence-electron chi connectivity index (χ0n) is 12.7.